The lowest BCUT2D eigenvalue weighted by Gasteiger charge is -2.13. The molecule has 0 aliphatic rings. The number of nitrogens with one attached hydrogen (secondary N) is 1. The van der Waals surface area contributed by atoms with E-state index in [9.17, 15) is 36.2 Å². The molecule has 6 nitrogen and oxygen atoms in total. The molecule has 0 saturated carbocycles. The van der Waals surface area contributed by atoms with Crippen LogP contribution in [0, 0.1) is 0 Å². The number of phenols is 1. The summed E-state index contributed by atoms with van der Waals surface area (Å²) in [5.74, 6) is -0.884. The first-order valence-corrected chi connectivity index (χ1v) is 9.24. The number of amides is 1. The zero-order valence-electron chi connectivity index (χ0n) is 16.4. The van der Waals surface area contributed by atoms with Crippen LogP contribution < -0.4 is 5.32 Å². The van der Waals surface area contributed by atoms with Crippen molar-refractivity contribution < 1.29 is 36.2 Å². The number of carbonyl (C=O) groups excluding carboxylic acids is 1. The maximum atomic E-state index is 13.1. The van der Waals surface area contributed by atoms with Crippen LogP contribution in [0.5, 0.6) is 5.75 Å². The van der Waals surface area contributed by atoms with Crippen molar-refractivity contribution in [2.45, 2.75) is 25.7 Å². The van der Waals surface area contributed by atoms with Crippen LogP contribution in [0.3, 0.4) is 0 Å². The van der Waals surface area contributed by atoms with Gasteiger partial charge in [0.2, 0.25) is 0 Å². The third-order valence-corrected chi connectivity index (χ3v) is 4.40. The molecular weight excluding hydrogens is 442 g/mol. The van der Waals surface area contributed by atoms with Gasteiger partial charge in [-0.2, -0.15) is 26.3 Å². The Balaban J connectivity index is 1.97. The lowest BCUT2D eigenvalue weighted by atomic mass is 10.0. The maximum absolute atomic E-state index is 13.1. The number of hydrogen-bond acceptors (Lipinski definition) is 4. The first kappa shape index (κ1) is 23.1. The lowest BCUT2D eigenvalue weighted by molar-refractivity contribution is -0.143. The van der Waals surface area contributed by atoms with E-state index >= 15 is 0 Å². The highest BCUT2D eigenvalue weighted by Gasteiger charge is 2.37. The van der Waals surface area contributed by atoms with E-state index in [4.69, 9.17) is 0 Å². The van der Waals surface area contributed by atoms with E-state index in [0.717, 1.165) is 10.9 Å². The van der Waals surface area contributed by atoms with Crippen molar-refractivity contribution in [2.24, 2.45) is 0 Å². The third kappa shape index (κ3) is 5.01. The molecule has 1 aromatic heterocycles. The molecule has 170 valence electrons. The summed E-state index contributed by atoms with van der Waals surface area (Å²) in [6.07, 6.45) is -8.18. The van der Waals surface area contributed by atoms with Crippen LogP contribution in [0.15, 0.2) is 42.6 Å². The SMILES string of the molecule is CCCNC(=O)c1ccc(-n2cc(-c3cc(C(F)(F)F)cc(C(F)(F)F)c3)nn2)cc1O. The predicted molar refractivity (Wildman–Crippen MR) is 101 cm³/mol. The van der Waals surface area contributed by atoms with Gasteiger partial charge in [0, 0.05) is 18.2 Å². The van der Waals surface area contributed by atoms with Gasteiger partial charge in [0.05, 0.1) is 28.6 Å². The summed E-state index contributed by atoms with van der Waals surface area (Å²) in [5.41, 5.74) is -3.44. The number of hydrogen-bond donors (Lipinski definition) is 2. The minimum Gasteiger partial charge on any atom is -0.507 e. The number of aromatic hydroxyl groups is 1. The standard InChI is InChI=1S/C20H16F6N4O2/c1-2-5-27-18(32)15-4-3-14(9-17(15)31)30-10-16(28-29-30)11-6-12(19(21,22)23)8-13(7-11)20(24,25)26/h3-4,6-10,31H,2,5H2,1H3,(H,27,32). The molecule has 0 bridgehead atoms. The van der Waals surface area contributed by atoms with Crippen molar-refractivity contribution >= 4 is 5.91 Å². The average molecular weight is 458 g/mol. The summed E-state index contributed by atoms with van der Waals surface area (Å²) in [6.45, 7) is 2.26. The average Bonchev–Trinajstić information content (AvgIpc) is 3.20. The number of benzene rings is 2. The second-order valence-corrected chi connectivity index (χ2v) is 6.80. The Morgan fingerprint density at radius 1 is 1.03 bits per heavy atom. The van der Waals surface area contributed by atoms with E-state index in [1.165, 1.54) is 18.2 Å². The molecular formula is C20H16F6N4O2. The molecule has 12 heteroatoms. The molecule has 3 aromatic rings. The molecule has 1 heterocycles. The Morgan fingerprint density at radius 3 is 2.19 bits per heavy atom. The van der Waals surface area contributed by atoms with Gasteiger partial charge in [-0.1, -0.05) is 12.1 Å². The Bertz CT molecular complexity index is 1110. The highest BCUT2D eigenvalue weighted by Crippen LogP contribution is 2.38. The highest BCUT2D eigenvalue weighted by atomic mass is 19.4. The van der Waals surface area contributed by atoms with Crippen LogP contribution in [0.2, 0.25) is 0 Å². The molecule has 0 aliphatic heterocycles. The van der Waals surface area contributed by atoms with Gasteiger partial charge in [0.1, 0.15) is 11.4 Å². The molecule has 32 heavy (non-hydrogen) atoms. The van der Waals surface area contributed by atoms with Crippen LogP contribution in [0.25, 0.3) is 16.9 Å². The molecule has 0 spiro atoms. The van der Waals surface area contributed by atoms with Crippen molar-refractivity contribution in [1.29, 1.82) is 0 Å². The number of alkyl halides is 6. The Morgan fingerprint density at radius 2 is 1.66 bits per heavy atom. The second-order valence-electron chi connectivity index (χ2n) is 6.80. The van der Waals surface area contributed by atoms with Gasteiger partial charge in [0.15, 0.2) is 0 Å². The minimum absolute atomic E-state index is 0.00441. The number of nitrogens with zero attached hydrogens (tertiary/aromatic N) is 3. The van der Waals surface area contributed by atoms with Gasteiger partial charge < -0.3 is 10.4 Å². The van der Waals surface area contributed by atoms with Crippen molar-refractivity contribution in [1.82, 2.24) is 20.3 Å². The van der Waals surface area contributed by atoms with Gasteiger partial charge in [-0.25, -0.2) is 4.68 Å². The zero-order chi connectivity index (χ0) is 23.7. The van der Waals surface area contributed by atoms with E-state index < -0.39 is 35.0 Å². The second kappa shape index (κ2) is 8.52. The normalized spacial score (nSPS) is 12.1. The van der Waals surface area contributed by atoms with Crippen LogP contribution in [0.1, 0.15) is 34.8 Å². The van der Waals surface area contributed by atoms with E-state index in [-0.39, 0.29) is 28.8 Å². The molecule has 1 amide bonds. The summed E-state index contributed by atoms with van der Waals surface area (Å²) < 4.78 is 79.5. The maximum Gasteiger partial charge on any atom is 0.416 e. The Hall–Kier alpha value is -3.57. The predicted octanol–water partition coefficient (Wildman–Crippen LogP) is 4.82. The monoisotopic (exact) mass is 458 g/mol. The van der Waals surface area contributed by atoms with E-state index in [1.54, 1.807) is 0 Å². The smallest absolute Gasteiger partial charge is 0.416 e. The highest BCUT2D eigenvalue weighted by molar-refractivity contribution is 5.97. The summed E-state index contributed by atoms with van der Waals surface area (Å²) in [4.78, 5) is 12.0. The van der Waals surface area contributed by atoms with Crippen molar-refractivity contribution in [2.75, 3.05) is 6.54 Å². The fourth-order valence-corrected chi connectivity index (χ4v) is 2.81. The first-order valence-electron chi connectivity index (χ1n) is 9.24. The van der Waals surface area contributed by atoms with Crippen molar-refractivity contribution in [3.8, 4) is 22.7 Å². The molecule has 2 aromatic carbocycles. The van der Waals surface area contributed by atoms with Gasteiger partial charge in [-0.05, 0) is 36.8 Å². The van der Waals surface area contributed by atoms with Gasteiger partial charge in [-0.15, -0.1) is 5.10 Å². The Kier molecular flexibility index (Phi) is 6.15. The van der Waals surface area contributed by atoms with E-state index in [2.05, 4.69) is 15.6 Å². The molecule has 3 rings (SSSR count). The zero-order valence-corrected chi connectivity index (χ0v) is 16.4. The molecule has 0 atom stereocenters. The number of halogens is 6. The molecule has 2 N–H and O–H groups in total. The lowest BCUT2D eigenvalue weighted by Crippen LogP contribution is -2.24. The molecule has 0 unspecified atom stereocenters. The van der Waals surface area contributed by atoms with Crippen LogP contribution in [-0.2, 0) is 12.4 Å². The van der Waals surface area contributed by atoms with Gasteiger partial charge >= 0.3 is 12.4 Å². The van der Waals surface area contributed by atoms with E-state index in [1.807, 2.05) is 6.92 Å². The van der Waals surface area contributed by atoms with Crippen LogP contribution >= 0.6 is 0 Å². The number of aromatic nitrogens is 3. The van der Waals surface area contributed by atoms with Gasteiger partial charge in [0.25, 0.3) is 5.91 Å². The third-order valence-electron chi connectivity index (χ3n) is 4.40. The molecule has 0 aliphatic carbocycles. The fraction of sp³-hybridized carbons (Fsp3) is 0.250. The van der Waals surface area contributed by atoms with Crippen molar-refractivity contribution in [3.05, 3.63) is 59.3 Å². The largest absolute Gasteiger partial charge is 0.507 e. The topological polar surface area (TPSA) is 80.0 Å². The molecule has 0 fully saturated rings. The molecule has 0 saturated heterocycles. The number of rotatable bonds is 5. The summed E-state index contributed by atoms with van der Waals surface area (Å²) in [7, 11) is 0. The summed E-state index contributed by atoms with van der Waals surface area (Å²) >= 11 is 0. The van der Waals surface area contributed by atoms with Crippen LogP contribution in [-0.4, -0.2) is 32.6 Å². The first-order chi connectivity index (χ1) is 14.9. The van der Waals surface area contributed by atoms with Crippen molar-refractivity contribution in [3.63, 3.8) is 0 Å². The van der Waals surface area contributed by atoms with Gasteiger partial charge in [-0.3, -0.25) is 4.79 Å². The quantitative estimate of drug-likeness (QED) is 0.538. The Labute approximate surface area is 177 Å². The number of carbonyl (C=O) groups is 1. The van der Waals surface area contributed by atoms with E-state index in [0.29, 0.717) is 25.1 Å². The van der Waals surface area contributed by atoms with Crippen LogP contribution in [0.4, 0.5) is 26.3 Å². The fourth-order valence-electron chi connectivity index (χ4n) is 2.81. The minimum atomic E-state index is -4.99. The number of phenolic OH excluding ortho intramolecular Hbond substituents is 1. The molecule has 0 radical (unpaired) electrons. The summed E-state index contributed by atoms with van der Waals surface area (Å²) in [6, 6.07) is 4.99. The summed E-state index contributed by atoms with van der Waals surface area (Å²) in [5, 5.41) is 20.1.